The fourth-order valence-corrected chi connectivity index (χ4v) is 4.93. The van der Waals surface area contributed by atoms with Crippen LogP contribution in [0, 0.1) is 5.92 Å². The van der Waals surface area contributed by atoms with Crippen molar-refractivity contribution >= 4 is 40.9 Å². The van der Waals surface area contributed by atoms with E-state index in [1.54, 1.807) is 11.8 Å². The molecule has 0 atom stereocenters. The Bertz CT molecular complexity index is 1050. The van der Waals surface area contributed by atoms with Crippen molar-refractivity contribution in [2.45, 2.75) is 30.7 Å². The highest BCUT2D eigenvalue weighted by molar-refractivity contribution is 7.99. The number of carbonyl (C=O) groups is 1. The van der Waals surface area contributed by atoms with Crippen molar-refractivity contribution in [3.8, 4) is 11.4 Å². The van der Waals surface area contributed by atoms with Crippen LogP contribution in [0.25, 0.3) is 11.4 Å². The largest absolute Gasteiger partial charge is 0.356 e. The molecule has 9 heteroatoms. The SMILES string of the molecule is O=C(NCCCSc1ccc(Cl)cc1)C1CCN(Cc2nc(-c3cccc(Cl)c3)no2)CC1. The van der Waals surface area contributed by atoms with E-state index in [9.17, 15) is 4.79 Å². The number of likely N-dealkylation sites (tertiary alicyclic amines) is 1. The molecule has 1 aliphatic rings. The first-order valence-corrected chi connectivity index (χ1v) is 12.8. The lowest BCUT2D eigenvalue weighted by molar-refractivity contribution is -0.126. The molecule has 2 heterocycles. The highest BCUT2D eigenvalue weighted by atomic mass is 35.5. The maximum atomic E-state index is 12.5. The van der Waals surface area contributed by atoms with Crippen LogP contribution in [-0.4, -0.2) is 46.3 Å². The number of nitrogens with one attached hydrogen (secondary N) is 1. The summed E-state index contributed by atoms with van der Waals surface area (Å²) in [5.74, 6) is 2.30. The van der Waals surface area contributed by atoms with Gasteiger partial charge in [-0.05, 0) is 74.5 Å². The molecule has 1 saturated heterocycles. The quantitative estimate of drug-likeness (QED) is 0.304. The van der Waals surface area contributed by atoms with Crippen LogP contribution < -0.4 is 5.32 Å². The van der Waals surface area contributed by atoms with Crippen LogP contribution >= 0.6 is 35.0 Å². The summed E-state index contributed by atoms with van der Waals surface area (Å²) in [6.07, 6.45) is 2.60. The third-order valence-corrected chi connectivity index (χ3v) is 7.16. The zero-order valence-electron chi connectivity index (χ0n) is 18.2. The van der Waals surface area contributed by atoms with E-state index < -0.39 is 0 Å². The number of thioether (sulfide) groups is 1. The first kappa shape index (κ1) is 24.1. The summed E-state index contributed by atoms with van der Waals surface area (Å²) in [5.41, 5.74) is 0.833. The Morgan fingerprint density at radius 3 is 2.67 bits per heavy atom. The minimum absolute atomic E-state index is 0.0647. The summed E-state index contributed by atoms with van der Waals surface area (Å²) < 4.78 is 5.42. The van der Waals surface area contributed by atoms with Crippen molar-refractivity contribution in [2.24, 2.45) is 5.92 Å². The van der Waals surface area contributed by atoms with Gasteiger partial charge in [-0.15, -0.1) is 11.8 Å². The van der Waals surface area contributed by atoms with E-state index in [2.05, 4.69) is 20.4 Å². The molecule has 0 spiro atoms. The molecule has 0 radical (unpaired) electrons. The van der Waals surface area contributed by atoms with E-state index in [0.29, 0.717) is 29.8 Å². The molecule has 174 valence electrons. The van der Waals surface area contributed by atoms with Gasteiger partial charge < -0.3 is 9.84 Å². The molecule has 3 aromatic rings. The predicted molar refractivity (Wildman–Crippen MR) is 133 cm³/mol. The van der Waals surface area contributed by atoms with Gasteiger partial charge in [0, 0.05) is 33.0 Å². The number of halogens is 2. The Morgan fingerprint density at radius 1 is 1.12 bits per heavy atom. The van der Waals surface area contributed by atoms with E-state index in [0.717, 1.165) is 48.7 Å². The van der Waals surface area contributed by atoms with Gasteiger partial charge in [-0.1, -0.05) is 40.5 Å². The van der Waals surface area contributed by atoms with E-state index >= 15 is 0 Å². The number of nitrogens with zero attached hydrogens (tertiary/aromatic N) is 3. The van der Waals surface area contributed by atoms with Gasteiger partial charge in [0.1, 0.15) is 0 Å². The van der Waals surface area contributed by atoms with Crippen molar-refractivity contribution in [3.05, 3.63) is 64.5 Å². The van der Waals surface area contributed by atoms with E-state index in [4.69, 9.17) is 27.7 Å². The number of piperidine rings is 1. The molecule has 0 bridgehead atoms. The first-order valence-electron chi connectivity index (χ1n) is 11.0. The van der Waals surface area contributed by atoms with Gasteiger partial charge in [0.2, 0.25) is 17.6 Å². The Kier molecular flexibility index (Phi) is 8.67. The third-order valence-electron chi connectivity index (χ3n) is 5.57. The highest BCUT2D eigenvalue weighted by Gasteiger charge is 2.25. The number of hydrogen-bond acceptors (Lipinski definition) is 6. The monoisotopic (exact) mass is 504 g/mol. The van der Waals surface area contributed by atoms with Crippen LogP contribution in [0.3, 0.4) is 0 Å². The van der Waals surface area contributed by atoms with Crippen LogP contribution in [0.2, 0.25) is 10.0 Å². The number of benzene rings is 2. The zero-order valence-corrected chi connectivity index (χ0v) is 20.5. The smallest absolute Gasteiger partial charge is 0.241 e. The van der Waals surface area contributed by atoms with E-state index in [-0.39, 0.29) is 11.8 Å². The van der Waals surface area contributed by atoms with Crippen molar-refractivity contribution in [1.82, 2.24) is 20.4 Å². The van der Waals surface area contributed by atoms with E-state index in [1.165, 1.54) is 4.90 Å². The fourth-order valence-electron chi connectivity index (χ4n) is 3.76. The third kappa shape index (κ3) is 7.21. The van der Waals surface area contributed by atoms with Gasteiger partial charge in [0.25, 0.3) is 0 Å². The van der Waals surface area contributed by atoms with Crippen LogP contribution in [0.5, 0.6) is 0 Å². The molecule has 0 unspecified atom stereocenters. The molecular formula is C24H26Cl2N4O2S. The maximum Gasteiger partial charge on any atom is 0.241 e. The maximum absolute atomic E-state index is 12.5. The van der Waals surface area contributed by atoms with Gasteiger partial charge in [-0.3, -0.25) is 9.69 Å². The number of amides is 1. The molecule has 1 fully saturated rings. The van der Waals surface area contributed by atoms with Gasteiger partial charge in [0.05, 0.1) is 6.54 Å². The molecule has 4 rings (SSSR count). The Labute approximate surface area is 208 Å². The van der Waals surface area contributed by atoms with E-state index in [1.807, 2.05) is 48.5 Å². The molecule has 1 aromatic heterocycles. The van der Waals surface area contributed by atoms with Crippen molar-refractivity contribution in [3.63, 3.8) is 0 Å². The summed E-state index contributed by atoms with van der Waals surface area (Å²) in [6.45, 7) is 2.95. The van der Waals surface area contributed by atoms with Crippen LogP contribution in [-0.2, 0) is 11.3 Å². The van der Waals surface area contributed by atoms with Crippen molar-refractivity contribution < 1.29 is 9.32 Å². The molecule has 2 aromatic carbocycles. The average molecular weight is 505 g/mol. The summed E-state index contributed by atoms with van der Waals surface area (Å²) in [4.78, 5) is 20.5. The Morgan fingerprint density at radius 2 is 1.91 bits per heavy atom. The average Bonchev–Trinajstić information content (AvgIpc) is 3.29. The van der Waals surface area contributed by atoms with Crippen molar-refractivity contribution in [1.29, 1.82) is 0 Å². The lowest BCUT2D eigenvalue weighted by Crippen LogP contribution is -2.40. The lowest BCUT2D eigenvalue weighted by Gasteiger charge is -2.30. The standard InChI is InChI=1S/C24H26Cl2N4O2S/c25-19-5-7-21(8-6-19)33-14-2-11-27-24(31)17-9-12-30(13-10-17)16-22-28-23(29-32-22)18-3-1-4-20(26)15-18/h1,3-8,15,17H,2,9-14,16H2,(H,27,31). The van der Waals surface area contributed by atoms with Gasteiger partial charge in [-0.2, -0.15) is 4.98 Å². The normalized spacial score (nSPS) is 15.0. The first-order chi connectivity index (χ1) is 16.1. The minimum atomic E-state index is 0.0647. The summed E-state index contributed by atoms with van der Waals surface area (Å²) in [5, 5.41) is 8.55. The summed E-state index contributed by atoms with van der Waals surface area (Å²) in [6, 6.07) is 15.2. The second kappa shape index (κ2) is 11.9. The second-order valence-electron chi connectivity index (χ2n) is 8.02. The molecule has 33 heavy (non-hydrogen) atoms. The lowest BCUT2D eigenvalue weighted by atomic mass is 9.96. The van der Waals surface area contributed by atoms with Gasteiger partial charge in [0.15, 0.2) is 0 Å². The number of rotatable bonds is 9. The molecular weight excluding hydrogens is 479 g/mol. The fraction of sp³-hybridized carbons (Fsp3) is 0.375. The molecule has 1 aliphatic heterocycles. The van der Waals surface area contributed by atoms with Crippen molar-refractivity contribution in [2.75, 3.05) is 25.4 Å². The van der Waals surface area contributed by atoms with Crippen LogP contribution in [0.15, 0.2) is 57.9 Å². The summed E-state index contributed by atoms with van der Waals surface area (Å²) in [7, 11) is 0. The minimum Gasteiger partial charge on any atom is -0.356 e. The van der Waals surface area contributed by atoms with Gasteiger partial charge in [-0.25, -0.2) is 0 Å². The Hall–Kier alpha value is -2.06. The number of aromatic nitrogens is 2. The van der Waals surface area contributed by atoms with Crippen LogP contribution in [0.1, 0.15) is 25.2 Å². The molecule has 0 aliphatic carbocycles. The summed E-state index contributed by atoms with van der Waals surface area (Å²) >= 11 is 13.7. The number of hydrogen-bond donors (Lipinski definition) is 1. The second-order valence-corrected chi connectivity index (χ2v) is 10.1. The van der Waals surface area contributed by atoms with Crippen LogP contribution in [0.4, 0.5) is 0 Å². The molecule has 1 N–H and O–H groups in total. The Balaban J connectivity index is 1.14. The van der Waals surface area contributed by atoms with Gasteiger partial charge >= 0.3 is 0 Å². The highest BCUT2D eigenvalue weighted by Crippen LogP contribution is 2.23. The molecule has 0 saturated carbocycles. The molecule has 1 amide bonds. The zero-order chi connectivity index (χ0) is 23.0. The molecule has 6 nitrogen and oxygen atoms in total. The predicted octanol–water partition coefficient (Wildman–Crippen LogP) is 5.55. The number of carbonyl (C=O) groups excluding carboxylic acids is 1. The topological polar surface area (TPSA) is 71.3 Å².